The summed E-state index contributed by atoms with van der Waals surface area (Å²) in [5, 5.41) is 8.94. The third-order valence-corrected chi connectivity index (χ3v) is 3.67. The normalized spacial score (nSPS) is 15.1. The molecular formula is C12H14N2OS. The molecular weight excluding hydrogens is 220 g/mol. The fraction of sp³-hybridized carbons (Fsp3) is 0.417. The Bertz CT molecular complexity index is 487. The second-order valence-corrected chi connectivity index (χ2v) is 4.68. The average molecular weight is 234 g/mol. The fourth-order valence-electron chi connectivity index (χ4n) is 2.20. The first-order chi connectivity index (χ1) is 7.90. The topological polar surface area (TPSA) is 27.1 Å². The van der Waals surface area contributed by atoms with Gasteiger partial charge in [0.1, 0.15) is 0 Å². The van der Waals surface area contributed by atoms with Crippen LogP contribution in [0.2, 0.25) is 0 Å². The number of rotatable bonds is 2. The molecule has 0 N–H and O–H groups in total. The molecule has 0 fully saturated rings. The van der Waals surface area contributed by atoms with Crippen molar-refractivity contribution in [1.82, 2.24) is 9.78 Å². The van der Waals surface area contributed by atoms with Crippen molar-refractivity contribution >= 4 is 11.3 Å². The lowest BCUT2D eigenvalue weighted by Gasteiger charge is -2.14. The van der Waals surface area contributed by atoms with Gasteiger partial charge >= 0.3 is 0 Å². The van der Waals surface area contributed by atoms with Gasteiger partial charge in [0.05, 0.1) is 18.9 Å². The highest BCUT2D eigenvalue weighted by Gasteiger charge is 2.21. The first kappa shape index (κ1) is 10.1. The molecule has 3 heterocycles. The lowest BCUT2D eigenvalue weighted by molar-refractivity contribution is 0.109. The second-order valence-electron chi connectivity index (χ2n) is 3.90. The number of aryl methyl sites for hydroxylation is 1. The maximum Gasteiger partial charge on any atom is 0.0989 e. The van der Waals surface area contributed by atoms with Crippen molar-refractivity contribution in [3.05, 3.63) is 28.1 Å². The zero-order chi connectivity index (χ0) is 11.0. The van der Waals surface area contributed by atoms with E-state index in [-0.39, 0.29) is 0 Å². The quantitative estimate of drug-likeness (QED) is 0.799. The maximum absolute atomic E-state index is 5.54. The first-order valence-corrected chi connectivity index (χ1v) is 6.53. The van der Waals surface area contributed by atoms with Crippen LogP contribution in [0.5, 0.6) is 0 Å². The largest absolute Gasteiger partial charge is 0.376 e. The van der Waals surface area contributed by atoms with Gasteiger partial charge in [0.15, 0.2) is 0 Å². The summed E-state index contributed by atoms with van der Waals surface area (Å²) < 4.78 is 7.66. The van der Waals surface area contributed by atoms with E-state index in [0.29, 0.717) is 6.61 Å². The Hall–Kier alpha value is -1.13. The monoisotopic (exact) mass is 234 g/mol. The van der Waals surface area contributed by atoms with Crippen LogP contribution in [0, 0.1) is 0 Å². The third-order valence-electron chi connectivity index (χ3n) is 2.99. The highest BCUT2D eigenvalue weighted by atomic mass is 32.1. The van der Waals surface area contributed by atoms with Gasteiger partial charge in [0.2, 0.25) is 0 Å². The Kier molecular flexibility index (Phi) is 2.53. The smallest absolute Gasteiger partial charge is 0.0989 e. The third kappa shape index (κ3) is 1.49. The van der Waals surface area contributed by atoms with E-state index < -0.39 is 0 Å². The first-order valence-electron chi connectivity index (χ1n) is 5.59. The molecule has 0 saturated heterocycles. The molecule has 0 spiro atoms. The van der Waals surface area contributed by atoms with E-state index in [4.69, 9.17) is 9.84 Å². The molecule has 0 unspecified atom stereocenters. The minimum atomic E-state index is 0.709. The molecule has 0 amide bonds. The number of aromatic nitrogens is 2. The summed E-state index contributed by atoms with van der Waals surface area (Å²) in [5.41, 5.74) is 4.97. The zero-order valence-corrected chi connectivity index (χ0v) is 10.1. The Morgan fingerprint density at radius 1 is 1.56 bits per heavy atom. The summed E-state index contributed by atoms with van der Waals surface area (Å²) in [6.45, 7) is 4.61. The molecule has 0 radical (unpaired) electrons. The Morgan fingerprint density at radius 2 is 2.50 bits per heavy atom. The van der Waals surface area contributed by atoms with Crippen molar-refractivity contribution in [2.75, 3.05) is 6.61 Å². The number of fused-ring (bicyclic) bond motifs is 1. The van der Waals surface area contributed by atoms with Crippen molar-refractivity contribution < 1.29 is 4.74 Å². The van der Waals surface area contributed by atoms with E-state index in [9.17, 15) is 0 Å². The van der Waals surface area contributed by atoms with Crippen LogP contribution in [-0.2, 0) is 24.3 Å². The van der Waals surface area contributed by atoms with Gasteiger partial charge in [0.25, 0.3) is 0 Å². The molecule has 84 valence electrons. The van der Waals surface area contributed by atoms with E-state index in [1.54, 1.807) is 11.3 Å². The Balaban J connectivity index is 2.15. The predicted molar refractivity (Wildman–Crippen MR) is 64.6 cm³/mol. The molecule has 0 saturated carbocycles. The van der Waals surface area contributed by atoms with Crippen LogP contribution in [0.1, 0.15) is 18.2 Å². The van der Waals surface area contributed by atoms with Gasteiger partial charge in [-0.3, -0.25) is 4.68 Å². The summed E-state index contributed by atoms with van der Waals surface area (Å²) in [6.07, 6.45) is 0.986. The van der Waals surface area contributed by atoms with E-state index in [1.807, 2.05) is 0 Å². The molecule has 2 aromatic rings. The number of thiophene rings is 1. The molecule has 0 aromatic carbocycles. The van der Waals surface area contributed by atoms with Gasteiger partial charge in [-0.05, 0) is 18.4 Å². The van der Waals surface area contributed by atoms with E-state index >= 15 is 0 Å². The van der Waals surface area contributed by atoms with Gasteiger partial charge in [-0.25, -0.2) is 0 Å². The van der Waals surface area contributed by atoms with Crippen LogP contribution in [0.4, 0.5) is 0 Å². The van der Waals surface area contributed by atoms with Crippen molar-refractivity contribution in [3.63, 3.8) is 0 Å². The SMILES string of the molecule is CCn1nc(-c2ccsc2)c2c1CCOC2. The highest BCUT2D eigenvalue weighted by molar-refractivity contribution is 7.08. The average Bonchev–Trinajstić information content (AvgIpc) is 2.95. The Morgan fingerprint density at radius 3 is 3.25 bits per heavy atom. The van der Waals surface area contributed by atoms with Crippen LogP contribution in [-0.4, -0.2) is 16.4 Å². The predicted octanol–water partition coefficient (Wildman–Crippen LogP) is 2.70. The van der Waals surface area contributed by atoms with Crippen LogP contribution >= 0.6 is 11.3 Å². The maximum atomic E-state index is 5.54. The van der Waals surface area contributed by atoms with Gasteiger partial charge < -0.3 is 4.74 Å². The molecule has 1 aliphatic heterocycles. The Labute approximate surface area is 98.7 Å². The van der Waals surface area contributed by atoms with Crippen molar-refractivity contribution in [3.8, 4) is 11.3 Å². The molecule has 0 atom stereocenters. The van der Waals surface area contributed by atoms with Crippen molar-refractivity contribution in [1.29, 1.82) is 0 Å². The molecule has 16 heavy (non-hydrogen) atoms. The van der Waals surface area contributed by atoms with Crippen LogP contribution in [0.15, 0.2) is 16.8 Å². The van der Waals surface area contributed by atoms with Crippen LogP contribution < -0.4 is 0 Å². The molecule has 1 aliphatic rings. The fourth-order valence-corrected chi connectivity index (χ4v) is 2.84. The number of hydrogen-bond acceptors (Lipinski definition) is 3. The summed E-state index contributed by atoms with van der Waals surface area (Å²) in [5.74, 6) is 0. The van der Waals surface area contributed by atoms with Gasteiger partial charge in [0, 0.05) is 35.2 Å². The summed E-state index contributed by atoms with van der Waals surface area (Å²) >= 11 is 1.71. The number of ether oxygens (including phenoxy) is 1. The van der Waals surface area contributed by atoms with Gasteiger partial charge in [-0.15, -0.1) is 0 Å². The lowest BCUT2D eigenvalue weighted by Crippen LogP contribution is -2.13. The molecule has 0 bridgehead atoms. The van der Waals surface area contributed by atoms with E-state index in [2.05, 4.69) is 28.4 Å². The van der Waals surface area contributed by atoms with Crippen molar-refractivity contribution in [2.45, 2.75) is 26.5 Å². The number of nitrogens with zero attached hydrogens (tertiary/aromatic N) is 2. The molecule has 0 aliphatic carbocycles. The van der Waals surface area contributed by atoms with Crippen molar-refractivity contribution in [2.24, 2.45) is 0 Å². The number of hydrogen-bond donors (Lipinski definition) is 0. The van der Waals surface area contributed by atoms with E-state index in [1.165, 1.54) is 16.8 Å². The van der Waals surface area contributed by atoms with Gasteiger partial charge in [-0.1, -0.05) is 0 Å². The summed E-state index contributed by atoms with van der Waals surface area (Å²) in [7, 11) is 0. The lowest BCUT2D eigenvalue weighted by atomic mass is 10.1. The molecule has 3 rings (SSSR count). The second kappa shape index (κ2) is 4.03. The van der Waals surface area contributed by atoms with Crippen LogP contribution in [0.3, 0.4) is 0 Å². The summed E-state index contributed by atoms with van der Waals surface area (Å²) in [4.78, 5) is 0. The molecule has 3 nitrogen and oxygen atoms in total. The zero-order valence-electron chi connectivity index (χ0n) is 9.27. The molecule has 2 aromatic heterocycles. The minimum absolute atomic E-state index is 0.709. The standard InChI is InChI=1S/C12H14N2OS/c1-2-14-11-3-5-15-7-10(11)12(13-14)9-4-6-16-8-9/h4,6,8H,2-3,5,7H2,1H3. The van der Waals surface area contributed by atoms with Crippen LogP contribution in [0.25, 0.3) is 11.3 Å². The summed E-state index contributed by atoms with van der Waals surface area (Å²) in [6, 6.07) is 2.13. The molecule has 4 heteroatoms. The minimum Gasteiger partial charge on any atom is -0.376 e. The van der Waals surface area contributed by atoms with E-state index in [0.717, 1.165) is 25.3 Å². The van der Waals surface area contributed by atoms with Gasteiger partial charge in [-0.2, -0.15) is 16.4 Å². The highest BCUT2D eigenvalue weighted by Crippen LogP contribution is 2.30.